The van der Waals surface area contributed by atoms with Crippen molar-refractivity contribution in [3.63, 3.8) is 0 Å². The summed E-state index contributed by atoms with van der Waals surface area (Å²) < 4.78 is 20.8. The van der Waals surface area contributed by atoms with E-state index in [0.29, 0.717) is 17.1 Å². The van der Waals surface area contributed by atoms with Crippen molar-refractivity contribution in [3.05, 3.63) is 47.2 Å². The molecule has 2 heterocycles. The molecular weight excluding hydrogens is 273 g/mol. The number of halogens is 1. The van der Waals surface area contributed by atoms with E-state index in [1.54, 1.807) is 6.92 Å². The van der Waals surface area contributed by atoms with Gasteiger partial charge in [-0.3, -0.25) is 0 Å². The Morgan fingerprint density at radius 3 is 2.57 bits per heavy atom. The number of phenolic OH excluding ortho intramolecular Hbond substituents is 1. The number of aromatic nitrogens is 3. The largest absolute Gasteiger partial charge is 0.508 e. The summed E-state index contributed by atoms with van der Waals surface area (Å²) >= 11 is 0. The molecule has 0 radical (unpaired) electrons. The molecule has 1 N–H and O–H groups in total. The van der Waals surface area contributed by atoms with E-state index in [0.717, 1.165) is 17.3 Å². The number of phenols is 1. The Morgan fingerprint density at radius 1 is 1.19 bits per heavy atom. The molecule has 6 heteroatoms. The van der Waals surface area contributed by atoms with Crippen LogP contribution >= 0.6 is 0 Å². The first kappa shape index (κ1) is 13.4. The molecular formula is C15H14FN3O2. The van der Waals surface area contributed by atoms with Gasteiger partial charge >= 0.3 is 0 Å². The summed E-state index contributed by atoms with van der Waals surface area (Å²) in [5, 5.41) is 17.6. The fraction of sp³-hybridized carbons (Fsp3) is 0.200. The number of rotatable bonds is 2. The summed E-state index contributed by atoms with van der Waals surface area (Å²) in [6, 6.07) is 5.81. The van der Waals surface area contributed by atoms with Crippen LogP contribution in [0.2, 0.25) is 0 Å². The lowest BCUT2D eigenvalue weighted by molar-refractivity contribution is 0.393. The van der Waals surface area contributed by atoms with Gasteiger partial charge in [-0.15, -0.1) is 0 Å². The molecule has 5 nitrogen and oxygen atoms in total. The zero-order valence-electron chi connectivity index (χ0n) is 11.9. The van der Waals surface area contributed by atoms with Crippen LogP contribution in [0, 0.1) is 26.6 Å². The van der Waals surface area contributed by atoms with E-state index in [-0.39, 0.29) is 11.4 Å². The van der Waals surface area contributed by atoms with Gasteiger partial charge < -0.3 is 9.63 Å². The van der Waals surface area contributed by atoms with Gasteiger partial charge in [0.05, 0.1) is 22.6 Å². The third kappa shape index (κ3) is 2.18. The van der Waals surface area contributed by atoms with Crippen LogP contribution < -0.4 is 0 Å². The Kier molecular flexibility index (Phi) is 3.01. The summed E-state index contributed by atoms with van der Waals surface area (Å²) in [4.78, 5) is 0. The fourth-order valence-corrected chi connectivity index (χ4v) is 2.38. The maximum absolute atomic E-state index is 14.1. The molecule has 0 aliphatic rings. The molecule has 0 spiro atoms. The minimum Gasteiger partial charge on any atom is -0.508 e. The molecule has 0 aliphatic heterocycles. The van der Waals surface area contributed by atoms with E-state index in [1.165, 1.54) is 16.8 Å². The normalized spacial score (nSPS) is 11.0. The van der Waals surface area contributed by atoms with Crippen molar-refractivity contribution in [3.8, 4) is 22.7 Å². The number of aryl methyl sites for hydroxylation is 3. The SMILES string of the molecule is Cc1cc(-c2c(C)noc2C)n(-c2ccc(O)cc2F)n1. The predicted octanol–water partition coefficient (Wildman–Crippen LogP) is 3.30. The van der Waals surface area contributed by atoms with Gasteiger partial charge in [-0.25, -0.2) is 9.07 Å². The molecule has 0 fully saturated rings. The Bertz CT molecular complexity index is 801. The minimum absolute atomic E-state index is 0.126. The Labute approximate surface area is 120 Å². The fourth-order valence-electron chi connectivity index (χ4n) is 2.38. The van der Waals surface area contributed by atoms with Crippen LogP contribution in [-0.2, 0) is 0 Å². The van der Waals surface area contributed by atoms with Gasteiger partial charge in [-0.05, 0) is 39.0 Å². The lowest BCUT2D eigenvalue weighted by Gasteiger charge is -2.08. The molecule has 0 saturated carbocycles. The minimum atomic E-state index is -0.550. The average Bonchev–Trinajstić information content (AvgIpc) is 2.93. The molecule has 3 aromatic rings. The van der Waals surface area contributed by atoms with Crippen molar-refractivity contribution < 1.29 is 14.0 Å². The number of benzene rings is 1. The van der Waals surface area contributed by atoms with Crippen molar-refractivity contribution in [1.82, 2.24) is 14.9 Å². The van der Waals surface area contributed by atoms with Gasteiger partial charge in [0, 0.05) is 6.07 Å². The highest BCUT2D eigenvalue weighted by molar-refractivity contribution is 5.66. The van der Waals surface area contributed by atoms with Gasteiger partial charge in [0.25, 0.3) is 0 Å². The predicted molar refractivity (Wildman–Crippen MR) is 74.9 cm³/mol. The van der Waals surface area contributed by atoms with E-state index in [1.807, 2.05) is 19.9 Å². The molecule has 0 saturated heterocycles. The van der Waals surface area contributed by atoms with E-state index < -0.39 is 5.82 Å². The molecule has 21 heavy (non-hydrogen) atoms. The second-order valence-electron chi connectivity index (χ2n) is 4.92. The molecule has 0 atom stereocenters. The highest BCUT2D eigenvalue weighted by atomic mass is 19.1. The van der Waals surface area contributed by atoms with Gasteiger partial charge in [-0.1, -0.05) is 5.16 Å². The zero-order chi connectivity index (χ0) is 15.1. The Hall–Kier alpha value is -2.63. The average molecular weight is 287 g/mol. The maximum atomic E-state index is 14.1. The standard InChI is InChI=1S/C15H14FN3O2/c1-8-6-14(15-9(2)18-21-10(15)3)19(17-8)13-5-4-11(20)7-12(13)16/h4-7,20H,1-3H3. The molecule has 2 aromatic heterocycles. The van der Waals surface area contributed by atoms with Crippen LogP contribution in [0.25, 0.3) is 16.9 Å². The van der Waals surface area contributed by atoms with Gasteiger partial charge in [0.1, 0.15) is 17.2 Å². The molecule has 0 amide bonds. The first-order valence-electron chi connectivity index (χ1n) is 6.46. The third-order valence-electron chi connectivity index (χ3n) is 3.28. The highest BCUT2D eigenvalue weighted by Crippen LogP contribution is 2.30. The summed E-state index contributed by atoms with van der Waals surface area (Å²) in [6.45, 7) is 5.46. The number of hydrogen-bond donors (Lipinski definition) is 1. The Morgan fingerprint density at radius 2 is 1.95 bits per heavy atom. The van der Waals surface area contributed by atoms with Crippen molar-refractivity contribution >= 4 is 0 Å². The van der Waals surface area contributed by atoms with E-state index in [4.69, 9.17) is 4.52 Å². The lowest BCUT2D eigenvalue weighted by Crippen LogP contribution is -2.02. The zero-order valence-corrected chi connectivity index (χ0v) is 11.9. The molecule has 0 bridgehead atoms. The third-order valence-corrected chi connectivity index (χ3v) is 3.28. The Balaban J connectivity index is 2.26. The first-order chi connectivity index (χ1) is 9.97. The monoisotopic (exact) mass is 287 g/mol. The van der Waals surface area contributed by atoms with Crippen LogP contribution in [0.3, 0.4) is 0 Å². The van der Waals surface area contributed by atoms with Crippen LogP contribution in [0.15, 0.2) is 28.8 Å². The van der Waals surface area contributed by atoms with Gasteiger partial charge in [-0.2, -0.15) is 5.10 Å². The maximum Gasteiger partial charge on any atom is 0.152 e. The first-order valence-corrected chi connectivity index (χ1v) is 6.46. The van der Waals surface area contributed by atoms with Crippen LogP contribution in [0.4, 0.5) is 4.39 Å². The quantitative estimate of drug-likeness (QED) is 0.785. The smallest absolute Gasteiger partial charge is 0.152 e. The number of hydrogen-bond acceptors (Lipinski definition) is 4. The highest BCUT2D eigenvalue weighted by Gasteiger charge is 2.19. The van der Waals surface area contributed by atoms with Crippen LogP contribution in [0.5, 0.6) is 5.75 Å². The molecule has 3 rings (SSSR count). The lowest BCUT2D eigenvalue weighted by atomic mass is 10.1. The van der Waals surface area contributed by atoms with E-state index in [9.17, 15) is 9.50 Å². The molecule has 0 unspecified atom stereocenters. The van der Waals surface area contributed by atoms with Crippen LogP contribution in [0.1, 0.15) is 17.1 Å². The van der Waals surface area contributed by atoms with Crippen molar-refractivity contribution in [2.24, 2.45) is 0 Å². The van der Waals surface area contributed by atoms with Crippen molar-refractivity contribution in [2.45, 2.75) is 20.8 Å². The van der Waals surface area contributed by atoms with Crippen molar-refractivity contribution in [1.29, 1.82) is 0 Å². The summed E-state index contributed by atoms with van der Waals surface area (Å²) in [5.41, 5.74) is 3.22. The van der Waals surface area contributed by atoms with E-state index in [2.05, 4.69) is 10.3 Å². The molecule has 108 valence electrons. The van der Waals surface area contributed by atoms with Crippen molar-refractivity contribution in [2.75, 3.05) is 0 Å². The molecule has 1 aromatic carbocycles. The number of aromatic hydroxyl groups is 1. The summed E-state index contributed by atoms with van der Waals surface area (Å²) in [5.74, 6) is -0.0297. The second-order valence-corrected chi connectivity index (χ2v) is 4.92. The van der Waals surface area contributed by atoms with Gasteiger partial charge in [0.15, 0.2) is 5.82 Å². The summed E-state index contributed by atoms with van der Waals surface area (Å²) in [6.07, 6.45) is 0. The molecule has 0 aliphatic carbocycles. The number of nitrogens with zero attached hydrogens (tertiary/aromatic N) is 3. The topological polar surface area (TPSA) is 64.1 Å². The second kappa shape index (κ2) is 4.73. The summed E-state index contributed by atoms with van der Waals surface area (Å²) in [7, 11) is 0. The van der Waals surface area contributed by atoms with E-state index >= 15 is 0 Å². The van der Waals surface area contributed by atoms with Crippen LogP contribution in [-0.4, -0.2) is 20.0 Å². The van der Waals surface area contributed by atoms with Gasteiger partial charge in [0.2, 0.25) is 0 Å².